The normalized spacial score (nSPS) is 3.64. The Hall–Kier alpha value is 0.534. The zero-order chi connectivity index (χ0) is 8.99. The van der Waals surface area contributed by atoms with E-state index in [1.165, 1.54) is 0 Å². The minimum absolute atomic E-state index is 0. The Morgan fingerprint density at radius 2 is 0.909 bits per heavy atom. The summed E-state index contributed by atoms with van der Waals surface area (Å²) in [5.74, 6) is 0. The number of carboxylic acid groups (broad SMARTS) is 2. The van der Waals surface area contributed by atoms with Gasteiger partial charge in [-0.05, 0) is 6.16 Å². The molecule has 10 heteroatoms. The molecule has 0 heterocycles. The summed E-state index contributed by atoms with van der Waals surface area (Å²) in [6, 6.07) is 0. The van der Waals surface area contributed by atoms with Crippen molar-refractivity contribution >= 4 is 6.16 Å². The van der Waals surface area contributed by atoms with Gasteiger partial charge in [0.05, 0.1) is 0 Å². The van der Waals surface area contributed by atoms with E-state index in [1.807, 2.05) is 0 Å². The maximum absolute atomic E-state index is 8.58. The van der Waals surface area contributed by atoms with Gasteiger partial charge in [-0.1, -0.05) is 0 Å². The number of carbonyl (C=O) groups excluding carboxylic acids is 1. The van der Waals surface area contributed by atoms with Gasteiger partial charge in [0, 0.05) is 0 Å². The van der Waals surface area contributed by atoms with E-state index in [9.17, 15) is 0 Å². The molecule has 0 aromatic heterocycles. The van der Waals surface area contributed by atoms with Crippen LogP contribution in [0.5, 0.6) is 0 Å². The van der Waals surface area contributed by atoms with Gasteiger partial charge in [0.25, 0.3) is 0 Å². The molecular weight excluding hydrogens is 616 g/mol. The summed E-state index contributed by atoms with van der Waals surface area (Å²) in [6.07, 6.45) is -2.33. The predicted molar refractivity (Wildman–Crippen MR) is 8.83 cm³/mol. The Morgan fingerprint density at radius 1 is 0.909 bits per heavy atom. The molecule has 0 spiro atoms. The molecule has 60 valence electrons. The van der Waals surface area contributed by atoms with Crippen LogP contribution in [-0.2, 0) is 14.4 Å². The Labute approximate surface area is 90.1 Å². The third-order valence-corrected chi connectivity index (χ3v) is 0. The molecule has 0 fully saturated rings. The second kappa shape index (κ2) is 31.3. The number of hydrogen-bond donors (Lipinski definition) is 0. The first kappa shape index (κ1) is 22.5. The standard InChI is InChI=1S/CH2O3.5O.2U/c2-1(3)4;;;;;;;/h(H2,2,3,4);;;;;;;/q;;;;;-2;2*+2/p-2. The van der Waals surface area contributed by atoms with Crippen LogP contribution in [0.15, 0.2) is 0 Å². The molecule has 8 nitrogen and oxygen atoms in total. The molecule has 0 bridgehead atoms. The average molecular weight is 616 g/mol. The van der Waals surface area contributed by atoms with Gasteiger partial charge in [0.2, 0.25) is 0 Å². The third-order valence-electron chi connectivity index (χ3n) is 0. The monoisotopic (exact) mass is 616 g/mol. The van der Waals surface area contributed by atoms with Crippen LogP contribution in [-0.4, -0.2) is 6.16 Å². The van der Waals surface area contributed by atoms with Crippen molar-refractivity contribution in [2.75, 3.05) is 0 Å². The molecule has 0 saturated carbocycles. The van der Waals surface area contributed by atoms with Crippen molar-refractivity contribution in [1.82, 2.24) is 0 Å². The topological polar surface area (TPSA) is 160 Å². The molecule has 0 atom stereocenters. The summed E-state index contributed by atoms with van der Waals surface area (Å²) in [5.41, 5.74) is 0. The Balaban J connectivity index is -0.0000000325. The van der Waals surface area contributed by atoms with Crippen molar-refractivity contribution in [3.05, 3.63) is 0 Å². The van der Waals surface area contributed by atoms with Crippen LogP contribution in [0.3, 0.4) is 0 Å². The van der Waals surface area contributed by atoms with E-state index in [2.05, 4.69) is 0 Å². The van der Waals surface area contributed by atoms with Crippen LogP contribution < -0.4 is 10.2 Å². The molecule has 0 amide bonds. The summed E-state index contributed by atoms with van der Waals surface area (Å²) in [4.78, 5) is 8.33. The van der Waals surface area contributed by atoms with Crippen LogP contribution >= 0.6 is 0 Å². The average Bonchev–Trinajstić information content (AvgIpc) is 1.65. The summed E-state index contributed by atoms with van der Waals surface area (Å²) in [5, 5.41) is 16.7. The van der Waals surface area contributed by atoms with Crippen molar-refractivity contribution < 1.29 is 85.1 Å². The fraction of sp³-hybridized carbons (Fsp3) is 0. The summed E-state index contributed by atoms with van der Waals surface area (Å²) >= 11 is -5.01. The van der Waals surface area contributed by atoms with Crippen LogP contribution in [0, 0.1) is 55.6 Å². The molecule has 0 radical (unpaired) electrons. The van der Waals surface area contributed by atoms with Crippen LogP contribution in [0.1, 0.15) is 0 Å². The van der Waals surface area contributed by atoms with Gasteiger partial charge < -0.3 is 20.5 Å². The molecule has 11 heavy (non-hydrogen) atoms. The van der Waals surface area contributed by atoms with E-state index in [-0.39, 0.29) is 5.48 Å². The fourth-order valence-corrected chi connectivity index (χ4v) is 0. The SMILES string of the molecule is O=C([O-])[O-].[O-2].[O]=[U+2]=[O].[O]=[U+2]=[O]. The van der Waals surface area contributed by atoms with Crippen LogP contribution in [0.2, 0.25) is 0 Å². The number of hydrogen-bond acceptors (Lipinski definition) is 7. The van der Waals surface area contributed by atoms with Gasteiger partial charge in [0.15, 0.2) is 0 Å². The van der Waals surface area contributed by atoms with Gasteiger partial charge in [-0.2, -0.15) is 0 Å². The predicted octanol–water partition coefficient (Wildman–Crippen LogP) is -3.04. The zero-order valence-electron chi connectivity index (χ0n) is 4.77. The Kier molecular flexibility index (Phi) is 64.1. The first-order valence-electron chi connectivity index (χ1n) is 1.43. The van der Waals surface area contributed by atoms with Crippen LogP contribution in [0.4, 0.5) is 4.79 Å². The van der Waals surface area contributed by atoms with Gasteiger partial charge >= 0.3 is 64.6 Å². The fourth-order valence-electron chi connectivity index (χ4n) is 0. The number of rotatable bonds is 0. The molecule has 0 aliphatic rings. The zero-order valence-corrected chi connectivity index (χ0v) is 13.1. The summed E-state index contributed by atoms with van der Waals surface area (Å²) < 4.78 is 34.3. The second-order valence-electron chi connectivity index (χ2n) is 0.417. The van der Waals surface area contributed by atoms with E-state index < -0.39 is 61.8 Å². The second-order valence-corrected chi connectivity index (χ2v) is 1.80. The maximum atomic E-state index is 8.58. The minimum atomic E-state index is -2.51. The van der Waals surface area contributed by atoms with E-state index in [1.54, 1.807) is 0 Å². The van der Waals surface area contributed by atoms with E-state index in [0.29, 0.717) is 0 Å². The first-order chi connectivity index (χ1) is 4.56. The van der Waals surface area contributed by atoms with Gasteiger partial charge in [-0.15, -0.1) is 0 Å². The Morgan fingerprint density at radius 3 is 0.909 bits per heavy atom. The molecular formula is CO8U2. The van der Waals surface area contributed by atoms with Crippen molar-refractivity contribution in [3.63, 3.8) is 0 Å². The molecule has 0 aromatic carbocycles. The van der Waals surface area contributed by atoms with Crippen LogP contribution in [0.25, 0.3) is 0 Å². The summed E-state index contributed by atoms with van der Waals surface area (Å²) in [7, 11) is 0. The molecule has 0 aliphatic carbocycles. The Bertz CT molecular complexity index is 122. The molecule has 0 aromatic rings. The van der Waals surface area contributed by atoms with Crippen molar-refractivity contribution in [1.29, 1.82) is 0 Å². The van der Waals surface area contributed by atoms with Gasteiger partial charge in [0.1, 0.15) is 0 Å². The molecule has 0 saturated heterocycles. The molecule has 0 unspecified atom stereocenters. The van der Waals surface area contributed by atoms with E-state index in [4.69, 9.17) is 24.0 Å². The van der Waals surface area contributed by atoms with Gasteiger partial charge in [-0.25, -0.2) is 0 Å². The molecule has 0 rings (SSSR count). The quantitative estimate of drug-likeness (QED) is 0.280. The molecule has 0 aliphatic heterocycles. The van der Waals surface area contributed by atoms with Crippen molar-refractivity contribution in [2.45, 2.75) is 0 Å². The van der Waals surface area contributed by atoms with Gasteiger partial charge in [-0.3, -0.25) is 0 Å². The van der Waals surface area contributed by atoms with Crippen molar-refractivity contribution in [3.8, 4) is 0 Å². The molecule has 0 N–H and O–H groups in total. The van der Waals surface area contributed by atoms with Crippen molar-refractivity contribution in [2.24, 2.45) is 0 Å². The third kappa shape index (κ3) is 2690. The van der Waals surface area contributed by atoms with E-state index >= 15 is 0 Å². The van der Waals surface area contributed by atoms with E-state index in [0.717, 1.165) is 0 Å². The number of carbonyl (C=O) groups is 1. The first-order valence-corrected chi connectivity index (χ1v) is 8.23. The summed E-state index contributed by atoms with van der Waals surface area (Å²) in [6.45, 7) is 0.